The molecule has 0 N–H and O–H groups in total. The van der Waals surface area contributed by atoms with Crippen molar-refractivity contribution < 1.29 is 28.4 Å². The minimum absolute atomic E-state index is 0.319. The van der Waals surface area contributed by atoms with Crippen molar-refractivity contribution in [2.45, 2.75) is 39.5 Å². The van der Waals surface area contributed by atoms with Crippen LogP contribution in [0.4, 0.5) is 0 Å². The molecule has 0 aliphatic rings. The van der Waals surface area contributed by atoms with Gasteiger partial charge in [-0.05, 0) is 29.5 Å². The largest absolute Gasteiger partial charge is 0.379 e. The number of hydrogen-bond acceptors (Lipinski definition) is 6. The van der Waals surface area contributed by atoms with E-state index in [9.17, 15) is 0 Å². The summed E-state index contributed by atoms with van der Waals surface area (Å²) in [6.07, 6.45) is 2.07. The molecule has 0 aromatic heterocycles. The van der Waals surface area contributed by atoms with Gasteiger partial charge in [0, 0.05) is 19.1 Å². The van der Waals surface area contributed by atoms with Crippen molar-refractivity contribution in [2.24, 2.45) is 0 Å². The maximum Gasteiger partial charge on any atom is 0.0718 e. The monoisotopic (exact) mass is 452 g/mol. The zero-order valence-electron chi connectivity index (χ0n) is 20.4. The van der Waals surface area contributed by atoms with Gasteiger partial charge in [0.15, 0.2) is 0 Å². The van der Waals surface area contributed by atoms with Gasteiger partial charge in [0.2, 0.25) is 0 Å². The lowest BCUT2D eigenvalue weighted by Crippen LogP contribution is -2.12. The molecule has 0 bridgehead atoms. The van der Waals surface area contributed by atoms with E-state index in [2.05, 4.69) is 51.6 Å². The highest BCUT2D eigenvalue weighted by molar-refractivity contribution is 5.64. The SMILES string of the molecule is C=C(COCCOCCOCCC)c1ccc(C(C)COCCOCCOCCC)cc1. The van der Waals surface area contributed by atoms with Gasteiger partial charge in [0.25, 0.3) is 0 Å². The molecule has 0 aliphatic carbocycles. The molecule has 0 fully saturated rings. The highest BCUT2D eigenvalue weighted by atomic mass is 16.5. The molecule has 1 aromatic carbocycles. The summed E-state index contributed by atoms with van der Waals surface area (Å²) in [6.45, 7) is 18.1. The van der Waals surface area contributed by atoms with Crippen molar-refractivity contribution in [2.75, 3.05) is 79.3 Å². The highest BCUT2D eigenvalue weighted by Gasteiger charge is 2.07. The Morgan fingerprint density at radius 1 is 0.656 bits per heavy atom. The smallest absolute Gasteiger partial charge is 0.0718 e. The van der Waals surface area contributed by atoms with Crippen LogP contribution in [-0.2, 0) is 28.4 Å². The van der Waals surface area contributed by atoms with Gasteiger partial charge in [0.05, 0.1) is 66.1 Å². The van der Waals surface area contributed by atoms with Crippen molar-refractivity contribution in [3.8, 4) is 0 Å². The molecular formula is C26H44O6. The Labute approximate surface area is 195 Å². The summed E-state index contributed by atoms with van der Waals surface area (Å²) in [5, 5.41) is 0. The first-order valence-electron chi connectivity index (χ1n) is 11.9. The van der Waals surface area contributed by atoms with Crippen LogP contribution in [0.15, 0.2) is 30.8 Å². The average molecular weight is 453 g/mol. The minimum atomic E-state index is 0.319. The van der Waals surface area contributed by atoms with Crippen molar-refractivity contribution in [1.29, 1.82) is 0 Å². The van der Waals surface area contributed by atoms with Crippen LogP contribution < -0.4 is 0 Å². The van der Waals surface area contributed by atoms with Crippen LogP contribution in [0, 0.1) is 0 Å². The molecule has 1 aromatic rings. The molecule has 6 heteroatoms. The summed E-state index contributed by atoms with van der Waals surface area (Å²) in [5.74, 6) is 0.319. The Bertz CT molecular complexity index is 560. The van der Waals surface area contributed by atoms with Crippen LogP contribution in [0.5, 0.6) is 0 Å². The fourth-order valence-corrected chi connectivity index (χ4v) is 2.85. The van der Waals surface area contributed by atoms with Crippen molar-refractivity contribution in [1.82, 2.24) is 0 Å². The standard InChI is InChI=1S/C26H44O6/c1-5-11-27-13-15-29-17-19-31-21-23(3)25-7-9-26(10-8-25)24(4)22-32-20-18-30-16-14-28-12-6-2/h7-10,24H,3,5-6,11-22H2,1-2,4H3. The van der Waals surface area contributed by atoms with E-state index in [4.69, 9.17) is 28.4 Å². The third-order valence-corrected chi connectivity index (χ3v) is 4.72. The fourth-order valence-electron chi connectivity index (χ4n) is 2.85. The summed E-state index contributed by atoms with van der Waals surface area (Å²) in [5.41, 5.74) is 3.30. The molecule has 0 spiro atoms. The van der Waals surface area contributed by atoms with Gasteiger partial charge >= 0.3 is 0 Å². The molecule has 1 unspecified atom stereocenters. The quantitative estimate of drug-likeness (QED) is 0.237. The van der Waals surface area contributed by atoms with E-state index < -0.39 is 0 Å². The Kier molecular flexibility index (Phi) is 18.3. The van der Waals surface area contributed by atoms with E-state index in [1.807, 2.05) is 0 Å². The normalized spacial score (nSPS) is 12.2. The average Bonchev–Trinajstić information content (AvgIpc) is 2.81. The van der Waals surface area contributed by atoms with Gasteiger partial charge in [-0.15, -0.1) is 0 Å². The topological polar surface area (TPSA) is 55.4 Å². The Morgan fingerprint density at radius 2 is 1.09 bits per heavy atom. The maximum atomic E-state index is 5.74. The molecule has 0 saturated heterocycles. The second-order valence-corrected chi connectivity index (χ2v) is 7.70. The van der Waals surface area contributed by atoms with Crippen LogP contribution in [0.25, 0.3) is 5.57 Å². The van der Waals surface area contributed by atoms with E-state index in [1.165, 1.54) is 5.56 Å². The molecule has 184 valence electrons. The predicted molar refractivity (Wildman–Crippen MR) is 129 cm³/mol. The first-order chi connectivity index (χ1) is 15.7. The van der Waals surface area contributed by atoms with E-state index in [1.54, 1.807) is 0 Å². The second kappa shape index (κ2) is 20.3. The molecule has 0 heterocycles. The lowest BCUT2D eigenvalue weighted by Gasteiger charge is -2.14. The summed E-state index contributed by atoms with van der Waals surface area (Å²) >= 11 is 0. The molecular weight excluding hydrogens is 408 g/mol. The Balaban J connectivity index is 2.11. The molecule has 0 saturated carbocycles. The Hall–Kier alpha value is -1.28. The van der Waals surface area contributed by atoms with Crippen LogP contribution in [0.2, 0.25) is 0 Å². The van der Waals surface area contributed by atoms with E-state index >= 15 is 0 Å². The van der Waals surface area contributed by atoms with E-state index in [-0.39, 0.29) is 0 Å². The summed E-state index contributed by atoms with van der Waals surface area (Å²) in [4.78, 5) is 0. The number of hydrogen-bond donors (Lipinski definition) is 0. The molecule has 0 amide bonds. The lowest BCUT2D eigenvalue weighted by atomic mass is 9.99. The fraction of sp³-hybridized carbons (Fsp3) is 0.692. The van der Waals surface area contributed by atoms with Gasteiger partial charge in [-0.2, -0.15) is 0 Å². The van der Waals surface area contributed by atoms with Crippen LogP contribution in [0.3, 0.4) is 0 Å². The minimum Gasteiger partial charge on any atom is -0.379 e. The van der Waals surface area contributed by atoms with E-state index in [0.29, 0.717) is 72.0 Å². The molecule has 0 radical (unpaired) electrons. The second-order valence-electron chi connectivity index (χ2n) is 7.70. The van der Waals surface area contributed by atoms with Gasteiger partial charge in [-0.1, -0.05) is 51.6 Å². The molecule has 1 rings (SSSR count). The third-order valence-electron chi connectivity index (χ3n) is 4.72. The van der Waals surface area contributed by atoms with Gasteiger partial charge in [-0.3, -0.25) is 0 Å². The zero-order chi connectivity index (χ0) is 23.3. The summed E-state index contributed by atoms with van der Waals surface area (Å²) < 4.78 is 33.1. The Morgan fingerprint density at radius 3 is 1.59 bits per heavy atom. The summed E-state index contributed by atoms with van der Waals surface area (Å²) in [7, 11) is 0. The van der Waals surface area contributed by atoms with Crippen LogP contribution in [0.1, 0.15) is 50.7 Å². The molecule has 6 nitrogen and oxygen atoms in total. The van der Waals surface area contributed by atoms with Gasteiger partial charge < -0.3 is 28.4 Å². The van der Waals surface area contributed by atoms with Crippen molar-refractivity contribution >= 4 is 5.57 Å². The number of rotatable bonds is 22. The van der Waals surface area contributed by atoms with Crippen LogP contribution in [-0.4, -0.2) is 79.3 Å². The summed E-state index contributed by atoms with van der Waals surface area (Å²) in [6, 6.07) is 8.46. The van der Waals surface area contributed by atoms with Crippen molar-refractivity contribution in [3.63, 3.8) is 0 Å². The number of benzene rings is 1. The first-order valence-corrected chi connectivity index (χ1v) is 11.9. The highest BCUT2D eigenvalue weighted by Crippen LogP contribution is 2.19. The predicted octanol–water partition coefficient (Wildman–Crippen LogP) is 4.72. The number of ether oxygens (including phenoxy) is 6. The van der Waals surface area contributed by atoms with Gasteiger partial charge in [-0.25, -0.2) is 0 Å². The zero-order valence-corrected chi connectivity index (χ0v) is 20.4. The van der Waals surface area contributed by atoms with E-state index in [0.717, 1.165) is 37.2 Å². The third kappa shape index (κ3) is 14.7. The molecule has 32 heavy (non-hydrogen) atoms. The molecule has 0 aliphatic heterocycles. The lowest BCUT2D eigenvalue weighted by molar-refractivity contribution is 0.0126. The first kappa shape index (κ1) is 28.8. The van der Waals surface area contributed by atoms with Crippen molar-refractivity contribution in [3.05, 3.63) is 42.0 Å². The van der Waals surface area contributed by atoms with Gasteiger partial charge in [0.1, 0.15) is 0 Å². The maximum absolute atomic E-state index is 5.74. The van der Waals surface area contributed by atoms with Crippen LogP contribution >= 0.6 is 0 Å². The molecule has 1 atom stereocenters.